The Hall–Kier alpha value is -0.340. The second-order valence-corrected chi connectivity index (χ2v) is 2.32. The van der Waals surface area contributed by atoms with Crippen molar-refractivity contribution in [2.24, 2.45) is 0 Å². The monoisotopic (exact) mass is 167 g/mol. The Morgan fingerprint density at radius 3 is 2.56 bits per heavy atom. The lowest BCUT2D eigenvalue weighted by Crippen LogP contribution is -1.91. The van der Waals surface area contributed by atoms with E-state index in [1.54, 1.807) is 7.05 Å². The first-order valence-corrected chi connectivity index (χ1v) is 2.95. The zero-order valence-electron chi connectivity index (χ0n) is 4.88. The summed E-state index contributed by atoms with van der Waals surface area (Å²) in [6.45, 7) is 0. The third-order valence-corrected chi connectivity index (χ3v) is 0.856. The molecule has 0 aliphatic rings. The van der Waals surface area contributed by atoms with Gasteiger partial charge < -0.3 is 5.11 Å². The van der Waals surface area contributed by atoms with E-state index in [0.29, 0.717) is 5.03 Å². The van der Waals surface area contributed by atoms with Crippen LogP contribution >= 0.6 is 23.4 Å². The highest BCUT2D eigenvalue weighted by Crippen LogP contribution is 2.04. The van der Waals surface area contributed by atoms with Crippen molar-refractivity contribution in [3.63, 3.8) is 0 Å². The van der Waals surface area contributed by atoms with E-state index in [2.05, 4.69) is 0 Å². The van der Waals surface area contributed by atoms with Crippen molar-refractivity contribution in [2.75, 3.05) is 7.05 Å². The summed E-state index contributed by atoms with van der Waals surface area (Å²) in [6.07, 6.45) is 3.62. The normalized spacial score (nSPS) is 12.6. The molecule has 0 fully saturated rings. The molecule has 0 aliphatic carbocycles. The Labute approximate surface area is 64.1 Å². The van der Waals surface area contributed by atoms with E-state index in [0.717, 1.165) is 6.26 Å². The molecule has 0 amide bonds. The SMILES string of the molecule is CN(Cl)/C=C(Cl)\C=C\O. The van der Waals surface area contributed by atoms with E-state index in [9.17, 15) is 0 Å². The van der Waals surface area contributed by atoms with Gasteiger partial charge in [-0.25, -0.2) is 0 Å². The van der Waals surface area contributed by atoms with Crippen molar-refractivity contribution in [1.82, 2.24) is 4.42 Å². The van der Waals surface area contributed by atoms with E-state index in [4.69, 9.17) is 28.5 Å². The summed E-state index contributed by atoms with van der Waals surface area (Å²) < 4.78 is 1.27. The first-order chi connectivity index (χ1) is 4.16. The van der Waals surface area contributed by atoms with Gasteiger partial charge in [0.05, 0.1) is 11.3 Å². The van der Waals surface area contributed by atoms with Gasteiger partial charge in [-0.2, -0.15) is 0 Å². The summed E-state index contributed by atoms with van der Waals surface area (Å²) in [6, 6.07) is 0. The molecule has 1 N–H and O–H groups in total. The molecule has 0 aromatic carbocycles. The minimum absolute atomic E-state index is 0.370. The lowest BCUT2D eigenvalue weighted by molar-refractivity contribution is 0.473. The van der Waals surface area contributed by atoms with Crippen molar-refractivity contribution in [2.45, 2.75) is 0 Å². The Morgan fingerprint density at radius 2 is 2.22 bits per heavy atom. The molecule has 0 aromatic heterocycles. The van der Waals surface area contributed by atoms with Crippen LogP contribution in [0.1, 0.15) is 0 Å². The van der Waals surface area contributed by atoms with Crippen LogP contribution in [0.3, 0.4) is 0 Å². The topological polar surface area (TPSA) is 23.5 Å². The van der Waals surface area contributed by atoms with Gasteiger partial charge in [-0.05, 0) is 6.08 Å². The molecule has 0 unspecified atom stereocenters. The highest BCUT2D eigenvalue weighted by molar-refractivity contribution is 6.31. The van der Waals surface area contributed by atoms with Gasteiger partial charge >= 0.3 is 0 Å². The number of hydrogen-bond donors (Lipinski definition) is 1. The van der Waals surface area contributed by atoms with E-state index < -0.39 is 0 Å². The molecule has 52 valence electrons. The number of aliphatic hydroxyl groups is 1. The quantitative estimate of drug-likeness (QED) is 0.388. The first kappa shape index (κ1) is 8.66. The number of nitrogens with zero attached hydrogens (tertiary/aromatic N) is 1. The van der Waals surface area contributed by atoms with Gasteiger partial charge in [0.2, 0.25) is 0 Å². The van der Waals surface area contributed by atoms with Crippen LogP contribution in [0.4, 0.5) is 0 Å². The second-order valence-electron chi connectivity index (χ2n) is 1.35. The van der Waals surface area contributed by atoms with Gasteiger partial charge in [0, 0.05) is 25.0 Å². The van der Waals surface area contributed by atoms with E-state index in [-0.39, 0.29) is 0 Å². The average Bonchev–Trinajstić information content (AvgIpc) is 1.63. The standard InChI is InChI=1S/C5H7Cl2NO/c1-8(7)4-5(6)2-3-9/h2-4,9H,1H3/b3-2+,5-4+. The number of halogens is 2. The van der Waals surface area contributed by atoms with Crippen LogP contribution in [-0.2, 0) is 0 Å². The van der Waals surface area contributed by atoms with Crippen molar-refractivity contribution in [3.05, 3.63) is 23.6 Å². The summed E-state index contributed by atoms with van der Waals surface area (Å²) in [5.74, 6) is 0. The fourth-order valence-electron chi connectivity index (χ4n) is 0.284. The molecular formula is C5H7Cl2NO. The van der Waals surface area contributed by atoms with Crippen LogP contribution in [0.2, 0.25) is 0 Å². The summed E-state index contributed by atoms with van der Waals surface area (Å²) in [5, 5.41) is 8.55. The predicted octanol–water partition coefficient (Wildman–Crippen LogP) is 2.22. The molecule has 0 aromatic rings. The second kappa shape index (κ2) is 4.53. The third-order valence-electron chi connectivity index (χ3n) is 0.535. The zero-order chi connectivity index (χ0) is 7.28. The summed E-state index contributed by atoms with van der Waals surface area (Å²) in [7, 11) is 1.62. The Bertz CT molecular complexity index is 131. The van der Waals surface area contributed by atoms with Gasteiger partial charge in [0.25, 0.3) is 0 Å². The van der Waals surface area contributed by atoms with Crippen LogP contribution in [0, 0.1) is 0 Å². The first-order valence-electron chi connectivity index (χ1n) is 2.23. The molecular weight excluding hydrogens is 161 g/mol. The van der Waals surface area contributed by atoms with Crippen LogP contribution in [0.25, 0.3) is 0 Å². The van der Waals surface area contributed by atoms with E-state index in [1.165, 1.54) is 16.7 Å². The molecule has 0 bridgehead atoms. The minimum Gasteiger partial charge on any atom is -0.516 e. The van der Waals surface area contributed by atoms with E-state index in [1.807, 2.05) is 0 Å². The van der Waals surface area contributed by atoms with Gasteiger partial charge in [-0.1, -0.05) is 11.6 Å². The highest BCUT2D eigenvalue weighted by atomic mass is 35.5. The van der Waals surface area contributed by atoms with Gasteiger partial charge in [0.15, 0.2) is 0 Å². The number of hydrogen-bond acceptors (Lipinski definition) is 2. The Kier molecular flexibility index (Phi) is 4.36. The number of rotatable bonds is 2. The fourth-order valence-corrected chi connectivity index (χ4v) is 0.642. The molecule has 0 saturated heterocycles. The molecule has 0 aliphatic heterocycles. The van der Waals surface area contributed by atoms with Gasteiger partial charge in [-0.3, -0.25) is 4.42 Å². The largest absolute Gasteiger partial charge is 0.516 e. The van der Waals surface area contributed by atoms with Gasteiger partial charge in [-0.15, -0.1) is 0 Å². The molecule has 4 heteroatoms. The van der Waals surface area contributed by atoms with Crippen LogP contribution < -0.4 is 0 Å². The van der Waals surface area contributed by atoms with Crippen molar-refractivity contribution in [1.29, 1.82) is 0 Å². The molecule has 9 heavy (non-hydrogen) atoms. The van der Waals surface area contributed by atoms with E-state index >= 15 is 0 Å². The molecule has 0 atom stereocenters. The summed E-state index contributed by atoms with van der Waals surface area (Å²) in [5.41, 5.74) is 0. The zero-order valence-corrected chi connectivity index (χ0v) is 6.39. The van der Waals surface area contributed by atoms with Crippen molar-refractivity contribution in [3.8, 4) is 0 Å². The fraction of sp³-hybridized carbons (Fsp3) is 0.200. The maximum atomic E-state index is 8.18. The molecule has 0 radical (unpaired) electrons. The lowest BCUT2D eigenvalue weighted by atomic mass is 10.6. The van der Waals surface area contributed by atoms with Crippen molar-refractivity contribution < 1.29 is 5.11 Å². The third kappa shape index (κ3) is 5.53. The lowest BCUT2D eigenvalue weighted by Gasteiger charge is -1.98. The summed E-state index contributed by atoms with van der Waals surface area (Å²) >= 11 is 10.8. The summed E-state index contributed by atoms with van der Waals surface area (Å²) in [4.78, 5) is 0. The maximum Gasteiger partial charge on any atom is 0.0807 e. The molecule has 0 saturated carbocycles. The molecule has 0 heterocycles. The van der Waals surface area contributed by atoms with Crippen LogP contribution in [0.5, 0.6) is 0 Å². The molecule has 0 spiro atoms. The minimum atomic E-state index is 0.370. The maximum absolute atomic E-state index is 8.18. The number of aliphatic hydroxyl groups excluding tert-OH is 1. The average molecular weight is 168 g/mol. The van der Waals surface area contributed by atoms with Crippen LogP contribution in [-0.4, -0.2) is 16.6 Å². The smallest absolute Gasteiger partial charge is 0.0807 e. The number of allylic oxidation sites excluding steroid dienone is 2. The predicted molar refractivity (Wildman–Crippen MR) is 39.3 cm³/mol. The Balaban J connectivity index is 3.84. The van der Waals surface area contributed by atoms with Gasteiger partial charge in [0.1, 0.15) is 0 Å². The van der Waals surface area contributed by atoms with Crippen LogP contribution in [0.15, 0.2) is 23.6 Å². The highest BCUT2D eigenvalue weighted by Gasteiger charge is 1.85. The molecule has 2 nitrogen and oxygen atoms in total. The molecule has 0 rings (SSSR count). The van der Waals surface area contributed by atoms with Crippen molar-refractivity contribution >= 4 is 23.4 Å². The Morgan fingerprint density at radius 1 is 1.67 bits per heavy atom.